The molecular weight excluding hydrogens is 476 g/mol. The molecule has 6 heteroatoms. The summed E-state index contributed by atoms with van der Waals surface area (Å²) in [5.74, 6) is -0.452. The predicted octanol–water partition coefficient (Wildman–Crippen LogP) is 7.61. The number of carbonyl (C=O) groups is 1. The fourth-order valence-corrected chi connectivity index (χ4v) is 4.29. The van der Waals surface area contributed by atoms with Gasteiger partial charge in [0, 0.05) is 23.2 Å². The van der Waals surface area contributed by atoms with Crippen molar-refractivity contribution in [2.45, 2.75) is 72.8 Å². The van der Waals surface area contributed by atoms with Gasteiger partial charge in [0.1, 0.15) is 6.61 Å². The first kappa shape index (κ1) is 28.8. The molecular formula is C32H40N2O4. The Labute approximate surface area is 225 Å². The maximum Gasteiger partial charge on any atom is 0.297 e. The minimum Gasteiger partial charge on any atom is -0.504 e. The summed E-state index contributed by atoms with van der Waals surface area (Å²) in [5, 5.41) is 14.4. The molecule has 0 aliphatic carbocycles. The first-order valence-corrected chi connectivity index (χ1v) is 13.5. The molecule has 0 bridgehead atoms. The zero-order valence-electron chi connectivity index (χ0n) is 23.0. The number of pyridine rings is 1. The van der Waals surface area contributed by atoms with Crippen molar-refractivity contribution in [3.8, 4) is 11.5 Å². The van der Waals surface area contributed by atoms with Crippen LogP contribution >= 0.6 is 0 Å². The van der Waals surface area contributed by atoms with E-state index < -0.39 is 0 Å². The van der Waals surface area contributed by atoms with Crippen LogP contribution in [-0.4, -0.2) is 22.2 Å². The van der Waals surface area contributed by atoms with Crippen molar-refractivity contribution in [1.29, 1.82) is 0 Å². The maximum atomic E-state index is 13.5. The SMILES string of the molecule is CCCCCCn1c(=O)c(OC/C=C(\C)CCC=C(C)C)c(O)c2ccc(NC(=O)c3ccccc3)cc21. The standard InChI is InChI=1S/C32H40N2O4/c1-5-6-7-11-20-34-28-22-26(33-31(36)25-15-9-8-10-16-25)17-18-27(28)29(35)30(32(34)37)38-21-19-24(4)14-12-13-23(2)3/h8-10,13,15-19,22,35H,5-7,11-12,14,20-21H2,1-4H3,(H,33,36)/b24-19+. The number of carbonyl (C=O) groups excluding carboxylic acids is 1. The monoisotopic (exact) mass is 516 g/mol. The van der Waals surface area contributed by atoms with Crippen molar-refractivity contribution >= 4 is 22.5 Å². The number of nitrogens with zero attached hydrogens (tertiary/aromatic N) is 1. The molecule has 202 valence electrons. The number of unbranched alkanes of at least 4 members (excludes halogenated alkanes) is 3. The minimum absolute atomic E-state index is 0.0394. The smallest absolute Gasteiger partial charge is 0.297 e. The van der Waals surface area contributed by atoms with Crippen molar-refractivity contribution in [3.05, 3.63) is 87.7 Å². The molecule has 0 radical (unpaired) electrons. The number of allylic oxidation sites excluding steroid dienone is 3. The third-order valence-corrected chi connectivity index (χ3v) is 6.48. The first-order chi connectivity index (χ1) is 18.3. The molecule has 1 aromatic heterocycles. The first-order valence-electron chi connectivity index (χ1n) is 13.5. The molecule has 0 aliphatic rings. The van der Waals surface area contributed by atoms with Gasteiger partial charge in [0.15, 0.2) is 5.75 Å². The number of hydrogen-bond donors (Lipinski definition) is 2. The zero-order chi connectivity index (χ0) is 27.5. The second-order valence-electron chi connectivity index (χ2n) is 9.93. The summed E-state index contributed by atoms with van der Waals surface area (Å²) in [6, 6.07) is 14.2. The second kappa shape index (κ2) is 14.2. The Kier molecular flexibility index (Phi) is 10.8. The second-order valence-corrected chi connectivity index (χ2v) is 9.93. The summed E-state index contributed by atoms with van der Waals surface area (Å²) >= 11 is 0. The van der Waals surface area contributed by atoms with Crippen molar-refractivity contribution in [1.82, 2.24) is 4.57 Å². The number of aromatic hydroxyl groups is 1. The van der Waals surface area contributed by atoms with Gasteiger partial charge in [0.05, 0.1) is 5.52 Å². The number of rotatable bonds is 13. The number of fused-ring (bicyclic) bond motifs is 1. The predicted molar refractivity (Wildman–Crippen MR) is 156 cm³/mol. The molecule has 2 N–H and O–H groups in total. The van der Waals surface area contributed by atoms with E-state index in [0.717, 1.165) is 38.5 Å². The molecule has 2 aromatic carbocycles. The lowest BCUT2D eigenvalue weighted by Crippen LogP contribution is -2.23. The van der Waals surface area contributed by atoms with E-state index >= 15 is 0 Å². The highest BCUT2D eigenvalue weighted by molar-refractivity contribution is 6.05. The quantitative estimate of drug-likeness (QED) is 0.181. The van der Waals surface area contributed by atoms with E-state index in [1.165, 1.54) is 11.1 Å². The lowest BCUT2D eigenvalue weighted by molar-refractivity contribution is 0.102. The Balaban J connectivity index is 1.91. The minimum atomic E-state index is -0.367. The third-order valence-electron chi connectivity index (χ3n) is 6.48. The molecule has 0 saturated heterocycles. The third kappa shape index (κ3) is 7.85. The summed E-state index contributed by atoms with van der Waals surface area (Å²) in [6.45, 7) is 9.05. The lowest BCUT2D eigenvalue weighted by Gasteiger charge is -2.16. The molecule has 0 atom stereocenters. The highest BCUT2D eigenvalue weighted by atomic mass is 16.5. The number of aromatic nitrogens is 1. The van der Waals surface area contributed by atoms with Crippen LogP contribution < -0.4 is 15.6 Å². The van der Waals surface area contributed by atoms with Crippen LogP contribution in [0.3, 0.4) is 0 Å². The molecule has 0 saturated carbocycles. The van der Waals surface area contributed by atoms with Gasteiger partial charge in [0.25, 0.3) is 11.5 Å². The zero-order valence-corrected chi connectivity index (χ0v) is 23.0. The van der Waals surface area contributed by atoms with E-state index in [4.69, 9.17) is 4.74 Å². The topological polar surface area (TPSA) is 80.6 Å². The van der Waals surface area contributed by atoms with Crippen LogP contribution in [-0.2, 0) is 6.54 Å². The summed E-state index contributed by atoms with van der Waals surface area (Å²) in [6.07, 6.45) is 10.0. The van der Waals surface area contributed by atoms with Crippen molar-refractivity contribution < 1.29 is 14.6 Å². The Hall–Kier alpha value is -3.80. The summed E-state index contributed by atoms with van der Waals surface area (Å²) in [4.78, 5) is 26.2. The maximum absolute atomic E-state index is 13.5. The van der Waals surface area contributed by atoms with Crippen LogP contribution in [0.1, 0.15) is 76.6 Å². The number of nitrogens with one attached hydrogen (secondary N) is 1. The molecule has 1 heterocycles. The van der Waals surface area contributed by atoms with Crippen LogP contribution in [0, 0.1) is 0 Å². The van der Waals surface area contributed by atoms with E-state index in [-0.39, 0.29) is 29.6 Å². The Morgan fingerprint density at radius 2 is 1.79 bits per heavy atom. The van der Waals surface area contributed by atoms with E-state index in [1.807, 2.05) is 31.2 Å². The van der Waals surface area contributed by atoms with E-state index in [1.54, 1.807) is 34.9 Å². The van der Waals surface area contributed by atoms with Crippen molar-refractivity contribution in [2.24, 2.45) is 0 Å². The van der Waals surface area contributed by atoms with Crippen molar-refractivity contribution in [3.63, 3.8) is 0 Å². The van der Waals surface area contributed by atoms with Gasteiger partial charge < -0.3 is 19.7 Å². The Morgan fingerprint density at radius 1 is 1.03 bits per heavy atom. The lowest BCUT2D eigenvalue weighted by atomic mass is 10.1. The molecule has 38 heavy (non-hydrogen) atoms. The van der Waals surface area contributed by atoms with Gasteiger partial charge in [-0.25, -0.2) is 0 Å². The number of amides is 1. The molecule has 0 unspecified atom stereocenters. The van der Waals surface area contributed by atoms with Crippen LogP contribution in [0.5, 0.6) is 11.5 Å². The van der Waals surface area contributed by atoms with Crippen molar-refractivity contribution in [2.75, 3.05) is 11.9 Å². The number of benzene rings is 2. The largest absolute Gasteiger partial charge is 0.504 e. The molecule has 0 aliphatic heterocycles. The molecule has 3 rings (SSSR count). The number of ether oxygens (including phenoxy) is 1. The highest BCUT2D eigenvalue weighted by Gasteiger charge is 2.18. The van der Waals surface area contributed by atoms with Gasteiger partial charge in [-0.15, -0.1) is 0 Å². The Morgan fingerprint density at radius 3 is 2.50 bits per heavy atom. The van der Waals surface area contributed by atoms with Gasteiger partial charge in [0.2, 0.25) is 5.75 Å². The van der Waals surface area contributed by atoms with Gasteiger partial charge in [-0.3, -0.25) is 9.59 Å². The molecule has 0 spiro atoms. The van der Waals surface area contributed by atoms with E-state index in [9.17, 15) is 14.7 Å². The van der Waals surface area contributed by atoms with E-state index in [2.05, 4.69) is 32.2 Å². The number of aryl methyl sites for hydroxylation is 1. The van der Waals surface area contributed by atoms with Gasteiger partial charge >= 0.3 is 0 Å². The average Bonchev–Trinajstić information content (AvgIpc) is 2.90. The molecule has 1 amide bonds. The van der Waals surface area contributed by atoms with Gasteiger partial charge in [-0.05, 0) is 76.4 Å². The van der Waals surface area contributed by atoms with Crippen LogP contribution in [0.15, 0.2) is 76.6 Å². The molecule has 0 fully saturated rings. The van der Waals surface area contributed by atoms with Crippen LogP contribution in [0.25, 0.3) is 10.9 Å². The number of hydrogen-bond acceptors (Lipinski definition) is 4. The van der Waals surface area contributed by atoms with Gasteiger partial charge in [-0.2, -0.15) is 0 Å². The fraction of sp³-hybridized carbons (Fsp3) is 0.375. The summed E-state index contributed by atoms with van der Waals surface area (Å²) in [5.41, 5.74) is 3.75. The fourth-order valence-electron chi connectivity index (χ4n) is 4.29. The summed E-state index contributed by atoms with van der Waals surface area (Å²) < 4.78 is 7.51. The van der Waals surface area contributed by atoms with Gasteiger partial charge in [-0.1, -0.05) is 61.6 Å². The molecule has 6 nitrogen and oxygen atoms in total. The number of anilines is 1. The highest BCUT2D eigenvalue weighted by Crippen LogP contribution is 2.33. The Bertz CT molecular complexity index is 1350. The van der Waals surface area contributed by atoms with Crippen LogP contribution in [0.4, 0.5) is 5.69 Å². The molecule has 3 aromatic rings. The normalized spacial score (nSPS) is 11.4. The average molecular weight is 517 g/mol. The van der Waals surface area contributed by atoms with E-state index in [0.29, 0.717) is 28.7 Å². The van der Waals surface area contributed by atoms with Crippen LogP contribution in [0.2, 0.25) is 0 Å². The summed E-state index contributed by atoms with van der Waals surface area (Å²) in [7, 11) is 0.